The summed E-state index contributed by atoms with van der Waals surface area (Å²) in [5.41, 5.74) is 1.08. The van der Waals surface area contributed by atoms with E-state index in [1.165, 1.54) is 12.8 Å². The molecule has 1 aliphatic carbocycles. The molecule has 7 heteroatoms. The lowest BCUT2D eigenvalue weighted by atomic mass is 10.1. The number of carbonyl (C=O) groups excluding carboxylic acids is 1. The maximum Gasteiger partial charge on any atom is 0.244 e. The first kappa shape index (κ1) is 15.4. The van der Waals surface area contributed by atoms with Crippen molar-refractivity contribution in [2.75, 3.05) is 6.54 Å². The van der Waals surface area contributed by atoms with Gasteiger partial charge in [0.15, 0.2) is 0 Å². The second kappa shape index (κ2) is 6.37. The van der Waals surface area contributed by atoms with E-state index in [-0.39, 0.29) is 5.91 Å². The van der Waals surface area contributed by atoms with Crippen molar-refractivity contribution < 1.29 is 4.79 Å². The molecule has 7 nitrogen and oxygen atoms in total. The Kier molecular flexibility index (Phi) is 4.08. The molecule has 4 rings (SSSR count). The topological polar surface area (TPSA) is 68.8 Å². The lowest BCUT2D eigenvalue weighted by Gasteiger charge is -2.24. The van der Waals surface area contributed by atoms with Gasteiger partial charge in [-0.1, -0.05) is 0 Å². The maximum absolute atomic E-state index is 12.6. The van der Waals surface area contributed by atoms with Crippen molar-refractivity contribution in [1.29, 1.82) is 0 Å². The average Bonchev–Trinajstić information content (AvgIpc) is 2.98. The molecule has 2 aromatic rings. The van der Waals surface area contributed by atoms with Gasteiger partial charge >= 0.3 is 0 Å². The fraction of sp³-hybridized carbons (Fsp3) is 0.647. The minimum absolute atomic E-state index is 0.171. The van der Waals surface area contributed by atoms with Crippen LogP contribution >= 0.6 is 0 Å². The van der Waals surface area contributed by atoms with Crippen molar-refractivity contribution in [2.24, 2.45) is 0 Å². The van der Waals surface area contributed by atoms with Crippen LogP contribution in [0.15, 0.2) is 18.7 Å². The van der Waals surface area contributed by atoms with Crippen LogP contribution in [0.3, 0.4) is 0 Å². The molecule has 0 bridgehead atoms. The molecule has 2 aromatic heterocycles. The number of nitrogens with zero attached hydrogens (tertiary/aromatic N) is 6. The highest BCUT2D eigenvalue weighted by molar-refractivity contribution is 5.76. The number of hydrogen-bond acceptors (Lipinski definition) is 4. The highest BCUT2D eigenvalue weighted by Crippen LogP contribution is 2.35. The smallest absolute Gasteiger partial charge is 0.244 e. The van der Waals surface area contributed by atoms with Crippen LogP contribution in [-0.4, -0.2) is 47.9 Å². The molecule has 1 unspecified atom stereocenters. The van der Waals surface area contributed by atoms with Gasteiger partial charge in [-0.15, -0.1) is 10.2 Å². The molecule has 128 valence electrons. The molecule has 0 spiro atoms. The Morgan fingerprint density at radius 2 is 2.21 bits per heavy atom. The van der Waals surface area contributed by atoms with Gasteiger partial charge in [-0.3, -0.25) is 9.48 Å². The van der Waals surface area contributed by atoms with Gasteiger partial charge in [0.1, 0.15) is 18.7 Å². The number of aryl methyl sites for hydroxylation is 2. The average molecular weight is 328 g/mol. The number of hydrogen-bond donors (Lipinski definition) is 0. The standard InChI is InChI=1S/C17H24N6O/c1-13-9-19-21(10-13)11-17(24)22-8-2-3-14(22)6-7-16-20-18-12-23(16)15-4-5-15/h9-10,12,14-15H,2-8,11H2,1H3. The van der Waals surface area contributed by atoms with Crippen molar-refractivity contribution in [3.05, 3.63) is 30.1 Å². The summed E-state index contributed by atoms with van der Waals surface area (Å²) >= 11 is 0. The van der Waals surface area contributed by atoms with Crippen molar-refractivity contribution >= 4 is 5.91 Å². The molecule has 3 heterocycles. The Morgan fingerprint density at radius 1 is 1.33 bits per heavy atom. The Morgan fingerprint density at radius 3 is 2.96 bits per heavy atom. The zero-order valence-corrected chi connectivity index (χ0v) is 14.1. The summed E-state index contributed by atoms with van der Waals surface area (Å²) in [6.07, 6.45) is 12.1. The predicted molar refractivity (Wildman–Crippen MR) is 88.3 cm³/mol. The summed E-state index contributed by atoms with van der Waals surface area (Å²) in [5, 5.41) is 12.6. The summed E-state index contributed by atoms with van der Waals surface area (Å²) in [7, 11) is 0. The van der Waals surface area contributed by atoms with Crippen molar-refractivity contribution in [1.82, 2.24) is 29.4 Å². The van der Waals surface area contributed by atoms with E-state index in [2.05, 4.69) is 19.9 Å². The second-order valence-corrected chi connectivity index (χ2v) is 7.02. The largest absolute Gasteiger partial charge is 0.338 e. The van der Waals surface area contributed by atoms with Crippen molar-refractivity contribution in [2.45, 2.75) is 64.1 Å². The number of amides is 1. The summed E-state index contributed by atoms with van der Waals surface area (Å²) in [4.78, 5) is 14.6. The minimum atomic E-state index is 0.171. The normalized spacial score (nSPS) is 20.7. The van der Waals surface area contributed by atoms with Crippen LogP contribution in [0, 0.1) is 6.92 Å². The van der Waals surface area contributed by atoms with E-state index in [4.69, 9.17) is 0 Å². The molecule has 1 amide bonds. The van der Waals surface area contributed by atoms with Crippen LogP contribution in [0.4, 0.5) is 0 Å². The zero-order chi connectivity index (χ0) is 16.5. The van der Waals surface area contributed by atoms with Gasteiger partial charge in [0, 0.05) is 31.2 Å². The quantitative estimate of drug-likeness (QED) is 0.810. The Bertz CT molecular complexity index is 716. The molecular weight excluding hydrogens is 304 g/mol. The fourth-order valence-corrected chi connectivity index (χ4v) is 3.65. The van der Waals surface area contributed by atoms with Gasteiger partial charge in [0.05, 0.1) is 6.20 Å². The number of aromatic nitrogens is 5. The molecule has 0 radical (unpaired) electrons. The third-order valence-electron chi connectivity index (χ3n) is 5.05. The van der Waals surface area contributed by atoms with Crippen LogP contribution in [0.5, 0.6) is 0 Å². The van der Waals surface area contributed by atoms with E-state index >= 15 is 0 Å². The summed E-state index contributed by atoms with van der Waals surface area (Å²) < 4.78 is 3.95. The maximum atomic E-state index is 12.6. The number of carbonyl (C=O) groups is 1. The molecule has 1 saturated heterocycles. The van der Waals surface area contributed by atoms with Gasteiger partial charge in [-0.25, -0.2) is 0 Å². The molecule has 1 aliphatic heterocycles. The van der Waals surface area contributed by atoms with E-state index in [9.17, 15) is 4.79 Å². The van der Waals surface area contributed by atoms with Crippen LogP contribution in [0.1, 0.15) is 49.5 Å². The SMILES string of the molecule is Cc1cnn(CC(=O)N2CCCC2CCc2nncn2C2CC2)c1. The molecule has 1 saturated carbocycles. The fourth-order valence-electron chi connectivity index (χ4n) is 3.65. The highest BCUT2D eigenvalue weighted by atomic mass is 16.2. The highest BCUT2D eigenvalue weighted by Gasteiger charge is 2.30. The summed E-state index contributed by atoms with van der Waals surface area (Å²) in [5.74, 6) is 1.24. The van der Waals surface area contributed by atoms with E-state index in [1.54, 1.807) is 10.9 Å². The predicted octanol–water partition coefficient (Wildman–Crippen LogP) is 1.74. The molecule has 24 heavy (non-hydrogen) atoms. The van der Waals surface area contributed by atoms with Crippen LogP contribution in [-0.2, 0) is 17.8 Å². The van der Waals surface area contributed by atoms with Crippen molar-refractivity contribution in [3.63, 3.8) is 0 Å². The van der Waals surface area contributed by atoms with Gasteiger partial charge in [0.2, 0.25) is 5.91 Å². The Hall–Kier alpha value is -2.18. The molecule has 2 fully saturated rings. The first-order valence-electron chi connectivity index (χ1n) is 8.87. The summed E-state index contributed by atoms with van der Waals surface area (Å²) in [6, 6.07) is 0.929. The summed E-state index contributed by atoms with van der Waals surface area (Å²) in [6.45, 7) is 3.18. The molecular formula is C17H24N6O. The van der Waals surface area contributed by atoms with E-state index in [1.807, 2.05) is 24.3 Å². The van der Waals surface area contributed by atoms with Gasteiger partial charge < -0.3 is 9.47 Å². The third kappa shape index (κ3) is 3.20. The lowest BCUT2D eigenvalue weighted by Crippen LogP contribution is -2.38. The monoisotopic (exact) mass is 328 g/mol. The molecule has 1 atom stereocenters. The Labute approximate surface area is 141 Å². The van der Waals surface area contributed by atoms with Gasteiger partial charge in [0.25, 0.3) is 0 Å². The van der Waals surface area contributed by atoms with Gasteiger partial charge in [-0.2, -0.15) is 5.10 Å². The number of rotatable bonds is 6. The zero-order valence-electron chi connectivity index (χ0n) is 14.1. The lowest BCUT2D eigenvalue weighted by molar-refractivity contribution is -0.132. The first-order valence-corrected chi connectivity index (χ1v) is 8.87. The first-order chi connectivity index (χ1) is 11.7. The van der Waals surface area contributed by atoms with Gasteiger partial charge in [-0.05, 0) is 44.6 Å². The third-order valence-corrected chi connectivity index (χ3v) is 5.05. The molecule has 0 aromatic carbocycles. The van der Waals surface area contributed by atoms with Crippen LogP contribution in [0.25, 0.3) is 0 Å². The van der Waals surface area contributed by atoms with E-state index in [0.29, 0.717) is 18.6 Å². The van der Waals surface area contributed by atoms with E-state index < -0.39 is 0 Å². The van der Waals surface area contributed by atoms with Crippen LogP contribution in [0.2, 0.25) is 0 Å². The second-order valence-electron chi connectivity index (χ2n) is 7.02. The van der Waals surface area contributed by atoms with Crippen molar-refractivity contribution in [3.8, 4) is 0 Å². The van der Waals surface area contributed by atoms with Crippen LogP contribution < -0.4 is 0 Å². The molecule has 0 N–H and O–H groups in total. The minimum Gasteiger partial charge on any atom is -0.338 e. The Balaban J connectivity index is 1.35. The number of likely N-dealkylation sites (tertiary alicyclic amines) is 1. The van der Waals surface area contributed by atoms with E-state index in [0.717, 1.165) is 43.6 Å². The molecule has 2 aliphatic rings.